The van der Waals surface area contributed by atoms with Crippen molar-refractivity contribution in [2.75, 3.05) is 0 Å². The van der Waals surface area contributed by atoms with Crippen LogP contribution in [-0.4, -0.2) is 31.3 Å². The molecule has 0 spiro atoms. The molecular formula is C13H27NO4S. The van der Waals surface area contributed by atoms with E-state index in [1.165, 1.54) is 0 Å². The van der Waals surface area contributed by atoms with E-state index in [2.05, 4.69) is 4.72 Å². The molecule has 0 radical (unpaired) electrons. The smallest absolute Gasteiger partial charge is 0.324 e. The first-order valence-corrected chi connectivity index (χ1v) is 8.19. The summed E-state index contributed by atoms with van der Waals surface area (Å²) >= 11 is 0. The topological polar surface area (TPSA) is 72.5 Å². The van der Waals surface area contributed by atoms with Crippen molar-refractivity contribution in [3.63, 3.8) is 0 Å². The van der Waals surface area contributed by atoms with Crippen LogP contribution in [0.25, 0.3) is 0 Å². The highest BCUT2D eigenvalue weighted by Crippen LogP contribution is 2.16. The molecule has 114 valence electrons. The van der Waals surface area contributed by atoms with Crippen molar-refractivity contribution in [2.45, 2.75) is 71.8 Å². The Morgan fingerprint density at radius 2 is 1.68 bits per heavy atom. The van der Waals surface area contributed by atoms with Crippen LogP contribution >= 0.6 is 0 Å². The van der Waals surface area contributed by atoms with Gasteiger partial charge in [0.25, 0.3) is 0 Å². The van der Waals surface area contributed by atoms with Crippen molar-refractivity contribution >= 4 is 16.0 Å². The molecule has 0 bridgehead atoms. The highest BCUT2D eigenvalue weighted by atomic mass is 32.2. The Morgan fingerprint density at radius 3 is 2.00 bits per heavy atom. The zero-order valence-corrected chi connectivity index (χ0v) is 13.8. The minimum Gasteiger partial charge on any atom is -0.459 e. The monoisotopic (exact) mass is 293 g/mol. The second-order valence-electron chi connectivity index (χ2n) is 6.11. The number of carbonyl (C=O) groups is 1. The zero-order valence-electron chi connectivity index (χ0n) is 13.0. The van der Waals surface area contributed by atoms with E-state index in [1.807, 2.05) is 13.8 Å². The molecule has 0 aliphatic rings. The predicted octanol–water partition coefficient (Wildman–Crippen LogP) is 2.07. The molecule has 0 amide bonds. The molecule has 0 saturated heterocycles. The number of carbonyl (C=O) groups excluding carboxylic acids is 1. The summed E-state index contributed by atoms with van der Waals surface area (Å²) in [6, 6.07) is -0.836. The van der Waals surface area contributed by atoms with Gasteiger partial charge in [0.1, 0.15) is 11.6 Å². The molecular weight excluding hydrogens is 266 g/mol. The van der Waals surface area contributed by atoms with Crippen LogP contribution < -0.4 is 4.72 Å². The first-order valence-electron chi connectivity index (χ1n) is 6.64. The number of esters is 1. The fourth-order valence-electron chi connectivity index (χ4n) is 1.31. The van der Waals surface area contributed by atoms with Gasteiger partial charge in [0, 0.05) is 0 Å². The maximum atomic E-state index is 12.1. The highest BCUT2D eigenvalue weighted by molar-refractivity contribution is 7.90. The van der Waals surface area contributed by atoms with Crippen molar-refractivity contribution in [2.24, 2.45) is 5.92 Å². The fraction of sp³-hybridized carbons (Fsp3) is 0.923. The van der Waals surface area contributed by atoms with Crippen LogP contribution in [0.2, 0.25) is 0 Å². The molecule has 0 fully saturated rings. The van der Waals surface area contributed by atoms with Crippen molar-refractivity contribution in [3.8, 4) is 0 Å². The standard InChI is InChI=1S/C13H27NO4S/c1-8-10(4)11(12(15)18-13(5,6)7)14-19(16,17)9(2)3/h9-11,14H,8H2,1-7H3/t10-,11-/m0/s1. The number of ether oxygens (including phenoxy) is 1. The van der Waals surface area contributed by atoms with Crippen molar-refractivity contribution in [1.29, 1.82) is 0 Å². The Hall–Kier alpha value is -0.620. The lowest BCUT2D eigenvalue weighted by Gasteiger charge is -2.28. The molecule has 2 atom stereocenters. The highest BCUT2D eigenvalue weighted by Gasteiger charge is 2.33. The minimum atomic E-state index is -3.50. The average Bonchev–Trinajstić information content (AvgIpc) is 2.22. The quantitative estimate of drug-likeness (QED) is 0.761. The van der Waals surface area contributed by atoms with Crippen LogP contribution in [-0.2, 0) is 19.6 Å². The van der Waals surface area contributed by atoms with Gasteiger partial charge in [-0.25, -0.2) is 13.1 Å². The molecule has 0 aromatic carbocycles. The molecule has 0 heterocycles. The zero-order chi connectivity index (χ0) is 15.4. The molecule has 0 aliphatic carbocycles. The number of sulfonamides is 1. The third kappa shape index (κ3) is 6.38. The third-order valence-corrected chi connectivity index (χ3v) is 4.61. The first-order chi connectivity index (χ1) is 8.40. The largest absolute Gasteiger partial charge is 0.459 e. The van der Waals surface area contributed by atoms with E-state index >= 15 is 0 Å². The molecule has 5 nitrogen and oxygen atoms in total. The van der Waals surface area contributed by atoms with Gasteiger partial charge in [-0.05, 0) is 40.5 Å². The lowest BCUT2D eigenvalue weighted by Crippen LogP contribution is -2.49. The molecule has 0 unspecified atom stereocenters. The van der Waals surface area contributed by atoms with E-state index in [4.69, 9.17) is 4.74 Å². The van der Waals surface area contributed by atoms with Gasteiger partial charge in [-0.1, -0.05) is 20.3 Å². The van der Waals surface area contributed by atoms with Crippen LogP contribution in [0.1, 0.15) is 54.9 Å². The lowest BCUT2D eigenvalue weighted by molar-refractivity contribution is -0.158. The number of hydrogen-bond donors (Lipinski definition) is 1. The van der Waals surface area contributed by atoms with Gasteiger partial charge in [-0.15, -0.1) is 0 Å². The summed E-state index contributed by atoms with van der Waals surface area (Å²) in [6.45, 7) is 12.2. The Labute approximate surface area is 117 Å². The molecule has 19 heavy (non-hydrogen) atoms. The van der Waals surface area contributed by atoms with E-state index in [9.17, 15) is 13.2 Å². The van der Waals surface area contributed by atoms with Crippen LogP contribution in [0.5, 0.6) is 0 Å². The summed E-state index contributed by atoms with van der Waals surface area (Å²) in [5.41, 5.74) is -0.633. The summed E-state index contributed by atoms with van der Waals surface area (Å²) in [7, 11) is -3.50. The van der Waals surface area contributed by atoms with Crippen molar-refractivity contribution in [3.05, 3.63) is 0 Å². The van der Waals surface area contributed by atoms with E-state index in [-0.39, 0.29) is 5.92 Å². The number of nitrogens with one attached hydrogen (secondary N) is 1. The Balaban J connectivity index is 5.09. The third-order valence-electron chi connectivity index (χ3n) is 2.79. The summed E-state index contributed by atoms with van der Waals surface area (Å²) in [4.78, 5) is 12.1. The minimum absolute atomic E-state index is 0.122. The summed E-state index contributed by atoms with van der Waals surface area (Å²) < 4.78 is 31.6. The molecule has 0 aromatic heterocycles. The van der Waals surface area contributed by atoms with Crippen LogP contribution in [0.15, 0.2) is 0 Å². The lowest BCUT2D eigenvalue weighted by atomic mass is 10.00. The Kier molecular flexibility index (Phi) is 6.48. The first kappa shape index (κ1) is 18.4. The van der Waals surface area contributed by atoms with Crippen LogP contribution in [0.4, 0.5) is 0 Å². The maximum absolute atomic E-state index is 12.1. The van der Waals surface area contributed by atoms with Gasteiger partial charge in [-0.3, -0.25) is 4.79 Å². The van der Waals surface area contributed by atoms with Gasteiger partial charge >= 0.3 is 5.97 Å². The van der Waals surface area contributed by atoms with E-state index in [0.29, 0.717) is 6.42 Å². The summed E-state index contributed by atoms with van der Waals surface area (Å²) in [5, 5.41) is -0.582. The molecule has 1 N–H and O–H groups in total. The van der Waals surface area contributed by atoms with Gasteiger partial charge in [0.15, 0.2) is 0 Å². The van der Waals surface area contributed by atoms with Gasteiger partial charge in [0.2, 0.25) is 10.0 Å². The van der Waals surface area contributed by atoms with Gasteiger partial charge in [-0.2, -0.15) is 0 Å². The number of hydrogen-bond acceptors (Lipinski definition) is 4. The molecule has 0 aromatic rings. The molecule has 0 rings (SSSR count). The van der Waals surface area contributed by atoms with E-state index in [0.717, 1.165) is 0 Å². The summed E-state index contributed by atoms with van der Waals surface area (Å²) in [5.74, 6) is -0.644. The Bertz CT molecular complexity index is 395. The van der Waals surface area contributed by atoms with Gasteiger partial charge in [0.05, 0.1) is 5.25 Å². The summed E-state index contributed by atoms with van der Waals surface area (Å²) in [6.07, 6.45) is 0.685. The van der Waals surface area contributed by atoms with Crippen molar-refractivity contribution in [1.82, 2.24) is 4.72 Å². The van der Waals surface area contributed by atoms with Gasteiger partial charge < -0.3 is 4.74 Å². The average molecular weight is 293 g/mol. The van der Waals surface area contributed by atoms with Crippen LogP contribution in [0.3, 0.4) is 0 Å². The SMILES string of the molecule is CC[C@H](C)[C@H](NS(=O)(=O)C(C)C)C(=O)OC(C)(C)C. The molecule has 0 aliphatic heterocycles. The second-order valence-corrected chi connectivity index (χ2v) is 8.38. The number of rotatable bonds is 6. The van der Waals surface area contributed by atoms with E-state index < -0.39 is 32.9 Å². The Morgan fingerprint density at radius 1 is 1.21 bits per heavy atom. The normalized spacial score (nSPS) is 16.2. The fourth-order valence-corrected chi connectivity index (χ4v) is 2.27. The second kappa shape index (κ2) is 6.70. The van der Waals surface area contributed by atoms with Crippen LogP contribution in [0, 0.1) is 5.92 Å². The predicted molar refractivity (Wildman–Crippen MR) is 76.3 cm³/mol. The molecule has 6 heteroatoms. The molecule has 0 saturated carbocycles. The van der Waals surface area contributed by atoms with Crippen molar-refractivity contribution < 1.29 is 17.9 Å². The van der Waals surface area contributed by atoms with E-state index in [1.54, 1.807) is 34.6 Å². The maximum Gasteiger partial charge on any atom is 0.324 e.